The van der Waals surface area contributed by atoms with Crippen molar-refractivity contribution in [3.05, 3.63) is 0 Å². The molecule has 0 amide bonds. The van der Waals surface area contributed by atoms with Crippen LogP contribution in [0.5, 0.6) is 0 Å². The molecule has 2 saturated heterocycles. The molecule has 0 bridgehead atoms. The molecule has 42 heavy (non-hydrogen) atoms. The number of epoxide rings is 1. The van der Waals surface area contributed by atoms with Gasteiger partial charge in [-0.15, -0.1) is 0 Å². The first-order valence-corrected chi connectivity index (χ1v) is 15.4. The van der Waals surface area contributed by atoms with Gasteiger partial charge in [0.05, 0.1) is 83.9 Å². The summed E-state index contributed by atoms with van der Waals surface area (Å²) in [5, 5.41) is 31.6. The van der Waals surface area contributed by atoms with Crippen molar-refractivity contribution in [2.24, 2.45) is 11.3 Å². The van der Waals surface area contributed by atoms with Gasteiger partial charge in [-0.05, 0) is 25.7 Å². The van der Waals surface area contributed by atoms with Crippen LogP contribution in [0.4, 0.5) is 0 Å². The highest BCUT2D eigenvalue weighted by Gasteiger charge is 2.50. The lowest BCUT2D eigenvalue weighted by Crippen LogP contribution is -2.60. The van der Waals surface area contributed by atoms with Gasteiger partial charge in [-0.25, -0.2) is 0 Å². The Morgan fingerprint density at radius 1 is 0.857 bits per heavy atom. The van der Waals surface area contributed by atoms with Crippen molar-refractivity contribution in [3.63, 3.8) is 0 Å². The van der Waals surface area contributed by atoms with Gasteiger partial charge in [0.15, 0.2) is 6.29 Å². The molecule has 0 saturated carbocycles. The summed E-state index contributed by atoms with van der Waals surface area (Å²) in [6.07, 6.45) is -2.74. The van der Waals surface area contributed by atoms with Crippen LogP contribution < -0.4 is 0 Å². The average Bonchev–Trinajstić information content (AvgIpc) is 3.76. The Labute approximate surface area is 252 Å². The highest BCUT2D eigenvalue weighted by atomic mass is 16.7. The number of ether oxygens (including phenoxy) is 9. The normalized spacial score (nSPS) is 29.3. The van der Waals surface area contributed by atoms with E-state index in [4.69, 9.17) is 42.6 Å². The average molecular weight is 611 g/mol. The predicted molar refractivity (Wildman–Crippen MR) is 154 cm³/mol. The Hall–Kier alpha value is -0.480. The quantitative estimate of drug-likeness (QED) is 0.114. The van der Waals surface area contributed by atoms with Crippen LogP contribution in [0.2, 0.25) is 0 Å². The summed E-state index contributed by atoms with van der Waals surface area (Å²) in [6, 6.07) is 0. The second-order valence-corrected chi connectivity index (χ2v) is 12.5. The Balaban J connectivity index is 1.78. The first kappa shape index (κ1) is 37.7. The Bertz CT molecular complexity index is 688. The molecule has 0 aromatic rings. The topological polar surface area (TPSA) is 147 Å². The zero-order valence-corrected chi connectivity index (χ0v) is 26.8. The number of rotatable bonds is 23. The van der Waals surface area contributed by atoms with Crippen LogP contribution in [-0.4, -0.2) is 144 Å². The van der Waals surface area contributed by atoms with Crippen LogP contribution in [-0.2, 0) is 42.6 Å². The fourth-order valence-corrected chi connectivity index (χ4v) is 4.80. The third-order valence-corrected chi connectivity index (χ3v) is 7.19. The van der Waals surface area contributed by atoms with E-state index in [0.717, 1.165) is 12.8 Å². The van der Waals surface area contributed by atoms with Gasteiger partial charge in [0.2, 0.25) is 0 Å². The van der Waals surface area contributed by atoms with Crippen molar-refractivity contribution in [1.82, 2.24) is 0 Å². The van der Waals surface area contributed by atoms with Crippen molar-refractivity contribution in [3.8, 4) is 0 Å². The van der Waals surface area contributed by atoms with Crippen molar-refractivity contribution in [1.29, 1.82) is 0 Å². The van der Waals surface area contributed by atoms with E-state index in [9.17, 15) is 15.3 Å². The zero-order valence-electron chi connectivity index (χ0n) is 26.8. The maximum atomic E-state index is 11.5. The molecule has 12 nitrogen and oxygen atoms in total. The summed E-state index contributed by atoms with van der Waals surface area (Å²) in [6.45, 7) is 15.1. The number of hydrogen-bond acceptors (Lipinski definition) is 12. The molecule has 0 radical (unpaired) electrons. The molecule has 2 fully saturated rings. The monoisotopic (exact) mass is 610 g/mol. The van der Waals surface area contributed by atoms with Gasteiger partial charge in [0.25, 0.3) is 0 Å². The van der Waals surface area contributed by atoms with Crippen LogP contribution >= 0.6 is 0 Å². The summed E-state index contributed by atoms with van der Waals surface area (Å²) < 4.78 is 51.2. The van der Waals surface area contributed by atoms with Crippen LogP contribution in [0, 0.1) is 11.3 Å². The molecular weight excluding hydrogens is 552 g/mol. The highest BCUT2D eigenvalue weighted by molar-refractivity contribution is 4.95. The predicted octanol–water partition coefficient (Wildman–Crippen LogP) is 1.55. The maximum Gasteiger partial charge on any atom is 0.186 e. The van der Waals surface area contributed by atoms with Crippen molar-refractivity contribution in [2.45, 2.75) is 110 Å². The SMILES string of the molecule is CCCCOCC(O)COC(C)COC1C(OC)OC(COCC(C)OCC(O)COCC2CO2)C(C(C)(C)C)C1O. The molecule has 0 aromatic heterocycles. The van der Waals surface area contributed by atoms with Crippen LogP contribution in [0.3, 0.4) is 0 Å². The van der Waals surface area contributed by atoms with Crippen molar-refractivity contribution >= 4 is 0 Å². The van der Waals surface area contributed by atoms with E-state index in [1.165, 1.54) is 7.11 Å². The number of methoxy groups -OCH3 is 1. The molecule has 12 heteroatoms. The van der Waals surface area contributed by atoms with Crippen molar-refractivity contribution < 1.29 is 58.0 Å². The van der Waals surface area contributed by atoms with Gasteiger partial charge >= 0.3 is 0 Å². The second-order valence-electron chi connectivity index (χ2n) is 12.5. The van der Waals surface area contributed by atoms with Gasteiger partial charge < -0.3 is 58.0 Å². The molecule has 0 aliphatic carbocycles. The van der Waals surface area contributed by atoms with E-state index in [1.807, 2.05) is 34.6 Å². The Morgan fingerprint density at radius 3 is 2.02 bits per heavy atom. The fraction of sp³-hybridized carbons (Fsp3) is 1.00. The second kappa shape index (κ2) is 19.8. The van der Waals surface area contributed by atoms with E-state index >= 15 is 0 Å². The van der Waals surface area contributed by atoms with E-state index in [1.54, 1.807) is 0 Å². The Kier molecular flexibility index (Phi) is 17.8. The van der Waals surface area contributed by atoms with E-state index in [-0.39, 0.29) is 75.9 Å². The van der Waals surface area contributed by atoms with Gasteiger partial charge in [-0.2, -0.15) is 0 Å². The Morgan fingerprint density at radius 2 is 1.45 bits per heavy atom. The van der Waals surface area contributed by atoms with Gasteiger partial charge in [0.1, 0.15) is 24.4 Å². The molecule has 3 N–H and O–H groups in total. The fourth-order valence-electron chi connectivity index (χ4n) is 4.80. The van der Waals surface area contributed by atoms with Crippen LogP contribution in [0.1, 0.15) is 54.4 Å². The van der Waals surface area contributed by atoms with E-state index < -0.39 is 36.8 Å². The van der Waals surface area contributed by atoms with Crippen molar-refractivity contribution in [2.75, 3.05) is 73.2 Å². The van der Waals surface area contributed by atoms with E-state index in [0.29, 0.717) is 19.8 Å². The number of aliphatic hydroxyl groups excluding tert-OH is 3. The lowest BCUT2D eigenvalue weighted by molar-refractivity contribution is -0.308. The summed E-state index contributed by atoms with van der Waals surface area (Å²) in [5.41, 5.74) is -0.324. The smallest absolute Gasteiger partial charge is 0.186 e. The number of hydrogen-bond donors (Lipinski definition) is 3. The third kappa shape index (κ3) is 14.5. The number of aliphatic hydroxyl groups is 3. The van der Waals surface area contributed by atoms with Gasteiger partial charge in [0, 0.05) is 19.6 Å². The van der Waals surface area contributed by atoms with Crippen LogP contribution in [0.15, 0.2) is 0 Å². The summed E-state index contributed by atoms with van der Waals surface area (Å²) in [4.78, 5) is 0. The minimum atomic E-state index is -0.882. The van der Waals surface area contributed by atoms with Crippen LogP contribution in [0.25, 0.3) is 0 Å². The molecule has 2 aliphatic rings. The minimum absolute atomic E-state index is 0.128. The highest BCUT2D eigenvalue weighted by Crippen LogP contribution is 2.40. The molecule has 0 aromatic carbocycles. The van der Waals surface area contributed by atoms with Gasteiger partial charge in [-0.3, -0.25) is 0 Å². The molecule has 10 unspecified atom stereocenters. The maximum absolute atomic E-state index is 11.5. The lowest BCUT2D eigenvalue weighted by atomic mass is 9.71. The van der Waals surface area contributed by atoms with E-state index in [2.05, 4.69) is 6.92 Å². The van der Waals surface area contributed by atoms with Gasteiger partial charge in [-0.1, -0.05) is 34.1 Å². The molecule has 2 aliphatic heterocycles. The summed E-state index contributed by atoms with van der Waals surface area (Å²) >= 11 is 0. The lowest BCUT2D eigenvalue weighted by Gasteiger charge is -2.49. The largest absolute Gasteiger partial charge is 0.390 e. The minimum Gasteiger partial charge on any atom is -0.390 e. The zero-order chi connectivity index (χ0) is 31.1. The molecule has 0 spiro atoms. The summed E-state index contributed by atoms with van der Waals surface area (Å²) in [7, 11) is 1.51. The summed E-state index contributed by atoms with van der Waals surface area (Å²) in [5.74, 6) is -0.308. The molecule has 2 rings (SSSR count). The first-order chi connectivity index (χ1) is 20.0. The standard InChI is InChI=1S/C30H58O12/c1-8-9-10-35-13-22(31)15-39-21(3)12-41-28-27(33)26(30(4,5)6)25(42-29(28)34-7)19-36-11-20(2)38-16-23(32)14-37-17-24-18-40-24/h20-29,31-33H,8-19H2,1-7H3. The molecule has 250 valence electrons. The molecular formula is C30H58O12. The molecule has 10 atom stereocenters. The number of unbranched alkanes of at least 4 members (excludes halogenated alkanes) is 1. The first-order valence-electron chi connectivity index (χ1n) is 15.4. The third-order valence-electron chi connectivity index (χ3n) is 7.19. The molecule has 2 heterocycles.